The average Bonchev–Trinajstić information content (AvgIpc) is 3.09. The van der Waals surface area contributed by atoms with Crippen molar-refractivity contribution in [2.24, 2.45) is 0 Å². The van der Waals surface area contributed by atoms with Gasteiger partial charge in [0.1, 0.15) is 11.6 Å². The highest BCUT2D eigenvalue weighted by Crippen LogP contribution is 2.42. The molecule has 4 nitrogen and oxygen atoms in total. The van der Waals surface area contributed by atoms with Crippen LogP contribution in [0.3, 0.4) is 0 Å². The first-order chi connectivity index (χ1) is 12.7. The van der Waals surface area contributed by atoms with Crippen molar-refractivity contribution in [2.45, 2.75) is 9.59 Å². The second-order valence-electron chi connectivity index (χ2n) is 5.39. The molecule has 0 unspecified atom stereocenters. The van der Waals surface area contributed by atoms with Crippen molar-refractivity contribution in [3.8, 4) is 0 Å². The van der Waals surface area contributed by atoms with E-state index in [1.165, 1.54) is 47.4 Å². The third kappa shape index (κ3) is 5.00. The van der Waals surface area contributed by atoms with Crippen LogP contribution >= 0.6 is 23.1 Å². The molecule has 0 saturated heterocycles. The molecule has 0 radical (unpaired) electrons. The van der Waals surface area contributed by atoms with Gasteiger partial charge < -0.3 is 10.1 Å². The number of rotatable bonds is 8. The van der Waals surface area contributed by atoms with Crippen LogP contribution in [0.4, 0.5) is 13.9 Å². The lowest BCUT2D eigenvalue weighted by atomic mass is 10.0. The quantitative estimate of drug-likeness (QED) is 0.442. The van der Waals surface area contributed by atoms with Gasteiger partial charge in [0, 0.05) is 13.7 Å². The average molecular weight is 393 g/mol. The number of anilines is 1. The van der Waals surface area contributed by atoms with Crippen LogP contribution < -0.4 is 5.32 Å². The molecule has 1 heterocycles. The standard InChI is InChI=1S/C18H17F2N3OS2/c1-24-11-10-21-17-22-23-18(26-17)25-16(12-2-6-14(19)7-3-12)13-4-8-15(20)9-5-13/h2-9,16H,10-11H2,1H3,(H,21,22). The van der Waals surface area contributed by atoms with E-state index in [0.717, 1.165) is 15.5 Å². The minimum Gasteiger partial charge on any atom is -0.383 e. The zero-order valence-corrected chi connectivity index (χ0v) is 15.6. The van der Waals surface area contributed by atoms with E-state index in [1.807, 2.05) is 0 Å². The minimum absolute atomic E-state index is 0.143. The predicted octanol–water partition coefficient (Wildman–Crippen LogP) is 4.76. The van der Waals surface area contributed by atoms with Gasteiger partial charge in [-0.25, -0.2) is 8.78 Å². The Morgan fingerprint density at radius 3 is 2.12 bits per heavy atom. The SMILES string of the molecule is COCCNc1nnc(SC(c2ccc(F)cc2)c2ccc(F)cc2)s1. The fourth-order valence-corrected chi connectivity index (χ4v) is 4.39. The van der Waals surface area contributed by atoms with Gasteiger partial charge in [-0.15, -0.1) is 10.2 Å². The van der Waals surface area contributed by atoms with E-state index in [-0.39, 0.29) is 16.9 Å². The summed E-state index contributed by atoms with van der Waals surface area (Å²) in [5.74, 6) is -0.589. The lowest BCUT2D eigenvalue weighted by molar-refractivity contribution is 0.211. The van der Waals surface area contributed by atoms with Gasteiger partial charge in [-0.2, -0.15) is 0 Å². The summed E-state index contributed by atoms with van der Waals surface area (Å²) in [5, 5.41) is 12.0. The van der Waals surface area contributed by atoms with Gasteiger partial charge in [-0.1, -0.05) is 47.4 Å². The summed E-state index contributed by atoms with van der Waals surface area (Å²) in [6.45, 7) is 1.23. The number of ether oxygens (including phenoxy) is 1. The topological polar surface area (TPSA) is 47.0 Å². The van der Waals surface area contributed by atoms with Crippen LogP contribution in [0, 0.1) is 11.6 Å². The van der Waals surface area contributed by atoms with E-state index in [2.05, 4.69) is 15.5 Å². The fraction of sp³-hybridized carbons (Fsp3) is 0.222. The minimum atomic E-state index is -0.294. The molecule has 3 aromatic rings. The van der Waals surface area contributed by atoms with Crippen LogP contribution in [0.1, 0.15) is 16.4 Å². The molecule has 136 valence electrons. The van der Waals surface area contributed by atoms with Gasteiger partial charge in [0.2, 0.25) is 5.13 Å². The first-order valence-electron chi connectivity index (χ1n) is 7.89. The predicted molar refractivity (Wildman–Crippen MR) is 101 cm³/mol. The molecule has 0 amide bonds. The molecule has 0 aliphatic heterocycles. The summed E-state index contributed by atoms with van der Waals surface area (Å²) >= 11 is 2.93. The number of hydrogen-bond donors (Lipinski definition) is 1. The smallest absolute Gasteiger partial charge is 0.206 e. The van der Waals surface area contributed by atoms with Crippen molar-refractivity contribution < 1.29 is 13.5 Å². The lowest BCUT2D eigenvalue weighted by Gasteiger charge is -2.16. The zero-order chi connectivity index (χ0) is 18.4. The van der Waals surface area contributed by atoms with E-state index in [4.69, 9.17) is 4.74 Å². The highest BCUT2D eigenvalue weighted by atomic mass is 32.2. The van der Waals surface area contributed by atoms with Crippen molar-refractivity contribution in [3.05, 3.63) is 71.3 Å². The maximum absolute atomic E-state index is 13.3. The molecule has 3 rings (SSSR count). The Morgan fingerprint density at radius 2 is 1.58 bits per heavy atom. The molecule has 0 aliphatic rings. The summed E-state index contributed by atoms with van der Waals surface area (Å²) < 4.78 is 32.3. The van der Waals surface area contributed by atoms with Crippen LogP contribution in [0.2, 0.25) is 0 Å². The number of methoxy groups -OCH3 is 1. The second-order valence-corrected chi connectivity index (χ2v) is 7.72. The number of benzene rings is 2. The van der Waals surface area contributed by atoms with Crippen molar-refractivity contribution in [3.63, 3.8) is 0 Å². The van der Waals surface area contributed by atoms with Crippen LogP contribution in [-0.2, 0) is 4.74 Å². The first kappa shape index (κ1) is 18.8. The molecule has 0 saturated carbocycles. The van der Waals surface area contributed by atoms with Gasteiger partial charge in [0.25, 0.3) is 0 Å². The molecule has 0 fully saturated rings. The Balaban J connectivity index is 1.82. The Morgan fingerprint density at radius 1 is 1.00 bits per heavy atom. The van der Waals surface area contributed by atoms with Crippen LogP contribution in [0.25, 0.3) is 0 Å². The van der Waals surface area contributed by atoms with Crippen molar-refractivity contribution in [2.75, 3.05) is 25.6 Å². The van der Waals surface area contributed by atoms with E-state index >= 15 is 0 Å². The monoisotopic (exact) mass is 393 g/mol. The molecule has 26 heavy (non-hydrogen) atoms. The summed E-state index contributed by atoms with van der Waals surface area (Å²) in [7, 11) is 1.64. The lowest BCUT2D eigenvalue weighted by Crippen LogP contribution is -2.06. The van der Waals surface area contributed by atoms with Crippen molar-refractivity contribution in [1.82, 2.24) is 10.2 Å². The molecule has 0 atom stereocenters. The van der Waals surface area contributed by atoms with Crippen molar-refractivity contribution >= 4 is 28.2 Å². The number of halogens is 2. The van der Waals surface area contributed by atoms with E-state index < -0.39 is 0 Å². The van der Waals surface area contributed by atoms with E-state index in [1.54, 1.807) is 31.4 Å². The molecule has 8 heteroatoms. The molecule has 1 aromatic heterocycles. The molecule has 2 aromatic carbocycles. The maximum Gasteiger partial charge on any atom is 0.206 e. The summed E-state index contributed by atoms with van der Waals surface area (Å²) in [6, 6.07) is 12.6. The number of thioether (sulfide) groups is 1. The highest BCUT2D eigenvalue weighted by Gasteiger charge is 2.19. The number of hydrogen-bond acceptors (Lipinski definition) is 6. The van der Waals surface area contributed by atoms with E-state index in [0.29, 0.717) is 18.3 Å². The van der Waals surface area contributed by atoms with Crippen LogP contribution in [0.5, 0.6) is 0 Å². The number of aromatic nitrogens is 2. The summed E-state index contributed by atoms with van der Waals surface area (Å²) in [6.07, 6.45) is 0. The van der Waals surface area contributed by atoms with Gasteiger partial charge in [-0.05, 0) is 35.4 Å². The fourth-order valence-electron chi connectivity index (χ4n) is 2.29. The van der Waals surface area contributed by atoms with Crippen molar-refractivity contribution in [1.29, 1.82) is 0 Å². The Bertz CT molecular complexity index is 780. The molecular weight excluding hydrogens is 376 g/mol. The third-order valence-corrected chi connectivity index (χ3v) is 5.83. The maximum atomic E-state index is 13.3. The summed E-state index contributed by atoms with van der Waals surface area (Å²) in [4.78, 5) is 0. The summed E-state index contributed by atoms with van der Waals surface area (Å²) in [5.41, 5.74) is 1.82. The Kier molecular flexibility index (Phi) is 6.54. The van der Waals surface area contributed by atoms with Crippen LogP contribution in [0.15, 0.2) is 52.9 Å². The van der Waals surface area contributed by atoms with E-state index in [9.17, 15) is 8.78 Å². The third-order valence-electron chi connectivity index (χ3n) is 3.55. The molecule has 0 bridgehead atoms. The molecule has 0 spiro atoms. The molecular formula is C18H17F2N3OS2. The first-order valence-corrected chi connectivity index (χ1v) is 9.59. The zero-order valence-electron chi connectivity index (χ0n) is 14.0. The van der Waals surface area contributed by atoms with Crippen LogP contribution in [-0.4, -0.2) is 30.5 Å². The molecule has 0 aliphatic carbocycles. The van der Waals surface area contributed by atoms with Gasteiger partial charge in [0.05, 0.1) is 11.9 Å². The number of nitrogens with one attached hydrogen (secondary N) is 1. The second kappa shape index (κ2) is 9.07. The largest absolute Gasteiger partial charge is 0.383 e. The highest BCUT2D eigenvalue weighted by molar-refractivity contribution is 8.01. The Hall–Kier alpha value is -2.03. The molecule has 1 N–H and O–H groups in total. The number of nitrogens with zero attached hydrogens (tertiary/aromatic N) is 2. The van der Waals surface area contributed by atoms with Gasteiger partial charge >= 0.3 is 0 Å². The van der Waals surface area contributed by atoms with Gasteiger partial charge in [0.15, 0.2) is 4.34 Å². The van der Waals surface area contributed by atoms with Gasteiger partial charge in [-0.3, -0.25) is 0 Å². The Labute approximate surface area is 158 Å². The normalized spacial score (nSPS) is 11.1.